The first-order valence-electron chi connectivity index (χ1n) is 9.95. The summed E-state index contributed by atoms with van der Waals surface area (Å²) >= 11 is 0. The summed E-state index contributed by atoms with van der Waals surface area (Å²) < 4.78 is 11.8. The molecule has 0 spiro atoms. The second kappa shape index (κ2) is 9.49. The van der Waals surface area contributed by atoms with Crippen LogP contribution in [-0.2, 0) is 9.53 Å². The zero-order valence-corrected chi connectivity index (χ0v) is 17.1. The molecule has 1 aliphatic rings. The third-order valence-electron chi connectivity index (χ3n) is 5.23. The summed E-state index contributed by atoms with van der Waals surface area (Å²) in [6.07, 6.45) is 5.96. The average Bonchev–Trinajstić information content (AvgIpc) is 2.96. The van der Waals surface area contributed by atoms with E-state index in [1.165, 1.54) is 13.3 Å². The topological polar surface area (TPSA) is 108 Å². The summed E-state index contributed by atoms with van der Waals surface area (Å²) in [5, 5.41) is 15.4. The van der Waals surface area contributed by atoms with E-state index in [0.29, 0.717) is 29.6 Å². The fraction of sp³-hybridized carbons (Fsp3) is 0.550. The summed E-state index contributed by atoms with van der Waals surface area (Å²) in [6, 6.07) is 3.20. The van der Waals surface area contributed by atoms with E-state index in [1.807, 2.05) is 6.92 Å². The summed E-state index contributed by atoms with van der Waals surface area (Å²) in [6.45, 7) is 4.18. The van der Waals surface area contributed by atoms with Crippen LogP contribution in [0.2, 0.25) is 0 Å². The standard InChI is InChI=1S/C20H27N5O4/c1-4-29-18-11-10-17(23-24-18)25-13(2)15(12-21-25)19(26)22-16-9-7-5-6-8-14(16)20(27)28-3/h10-12,14,16H,4-9H2,1-3H3,(H,22,26)/t14-,16-/m1/s1. The Balaban J connectivity index is 1.76. The van der Waals surface area contributed by atoms with Gasteiger partial charge in [0.1, 0.15) is 0 Å². The average molecular weight is 401 g/mol. The lowest BCUT2D eigenvalue weighted by molar-refractivity contribution is -0.146. The van der Waals surface area contributed by atoms with E-state index in [4.69, 9.17) is 9.47 Å². The van der Waals surface area contributed by atoms with Crippen LogP contribution in [0.25, 0.3) is 5.82 Å². The van der Waals surface area contributed by atoms with Crippen LogP contribution in [0.15, 0.2) is 18.3 Å². The minimum Gasteiger partial charge on any atom is -0.477 e. The molecule has 156 valence electrons. The van der Waals surface area contributed by atoms with Crippen molar-refractivity contribution in [2.45, 2.75) is 52.0 Å². The van der Waals surface area contributed by atoms with Gasteiger partial charge in [-0.3, -0.25) is 9.59 Å². The van der Waals surface area contributed by atoms with Gasteiger partial charge in [0.2, 0.25) is 5.88 Å². The van der Waals surface area contributed by atoms with E-state index in [2.05, 4.69) is 20.6 Å². The normalized spacial score (nSPS) is 19.3. The third kappa shape index (κ3) is 4.72. The van der Waals surface area contributed by atoms with Crippen molar-refractivity contribution in [2.75, 3.05) is 13.7 Å². The number of amides is 1. The molecule has 1 aliphatic carbocycles. The van der Waals surface area contributed by atoms with E-state index in [0.717, 1.165) is 32.1 Å². The highest BCUT2D eigenvalue weighted by molar-refractivity contribution is 5.95. The Morgan fingerprint density at radius 2 is 2.00 bits per heavy atom. The molecular weight excluding hydrogens is 374 g/mol. The van der Waals surface area contributed by atoms with Gasteiger partial charge in [-0.15, -0.1) is 10.2 Å². The van der Waals surface area contributed by atoms with Gasteiger partial charge in [0.05, 0.1) is 37.1 Å². The molecule has 0 radical (unpaired) electrons. The number of nitrogens with zero attached hydrogens (tertiary/aromatic N) is 4. The van der Waals surface area contributed by atoms with Crippen LogP contribution in [0.4, 0.5) is 0 Å². The molecule has 0 saturated heterocycles. The predicted molar refractivity (Wildman–Crippen MR) is 105 cm³/mol. The zero-order chi connectivity index (χ0) is 20.8. The summed E-state index contributed by atoms with van der Waals surface area (Å²) in [4.78, 5) is 25.1. The molecule has 9 nitrogen and oxygen atoms in total. The van der Waals surface area contributed by atoms with Gasteiger partial charge in [0.25, 0.3) is 5.91 Å². The van der Waals surface area contributed by atoms with Crippen molar-refractivity contribution in [3.8, 4) is 11.7 Å². The first kappa shape index (κ1) is 20.8. The highest BCUT2D eigenvalue weighted by atomic mass is 16.5. The Morgan fingerprint density at radius 1 is 1.21 bits per heavy atom. The highest BCUT2D eigenvalue weighted by Gasteiger charge is 2.32. The fourth-order valence-electron chi connectivity index (χ4n) is 3.67. The first-order chi connectivity index (χ1) is 14.0. The van der Waals surface area contributed by atoms with Crippen molar-refractivity contribution in [1.29, 1.82) is 0 Å². The number of carbonyl (C=O) groups is 2. The van der Waals surface area contributed by atoms with Crippen molar-refractivity contribution in [3.05, 3.63) is 29.6 Å². The highest BCUT2D eigenvalue weighted by Crippen LogP contribution is 2.25. The van der Waals surface area contributed by atoms with Crippen molar-refractivity contribution in [3.63, 3.8) is 0 Å². The molecule has 29 heavy (non-hydrogen) atoms. The number of methoxy groups -OCH3 is 1. The first-order valence-corrected chi connectivity index (χ1v) is 9.95. The van der Waals surface area contributed by atoms with Crippen molar-refractivity contribution >= 4 is 11.9 Å². The van der Waals surface area contributed by atoms with Crippen LogP contribution in [-0.4, -0.2) is 51.6 Å². The van der Waals surface area contributed by atoms with E-state index in [-0.39, 0.29) is 23.8 Å². The second-order valence-electron chi connectivity index (χ2n) is 7.07. The summed E-state index contributed by atoms with van der Waals surface area (Å²) in [5.74, 6) is 0.0784. The summed E-state index contributed by atoms with van der Waals surface area (Å²) in [7, 11) is 1.39. The van der Waals surface area contributed by atoms with Gasteiger partial charge >= 0.3 is 5.97 Å². The van der Waals surface area contributed by atoms with Crippen molar-refractivity contribution < 1.29 is 19.1 Å². The van der Waals surface area contributed by atoms with Crippen LogP contribution in [0.3, 0.4) is 0 Å². The minimum absolute atomic E-state index is 0.245. The quantitative estimate of drug-likeness (QED) is 0.584. The summed E-state index contributed by atoms with van der Waals surface area (Å²) in [5.41, 5.74) is 1.08. The van der Waals surface area contributed by atoms with Gasteiger partial charge in [-0.2, -0.15) is 5.10 Å². The van der Waals surface area contributed by atoms with Gasteiger partial charge in [0, 0.05) is 12.1 Å². The minimum atomic E-state index is -0.321. The van der Waals surface area contributed by atoms with E-state index < -0.39 is 0 Å². The molecule has 1 N–H and O–H groups in total. The molecule has 1 amide bonds. The number of rotatable bonds is 6. The smallest absolute Gasteiger partial charge is 0.310 e. The number of carbonyl (C=O) groups excluding carboxylic acids is 2. The molecule has 1 fully saturated rings. The molecule has 9 heteroatoms. The third-order valence-corrected chi connectivity index (χ3v) is 5.23. The van der Waals surface area contributed by atoms with Gasteiger partial charge < -0.3 is 14.8 Å². The molecule has 2 atom stereocenters. The maximum absolute atomic E-state index is 12.9. The molecule has 2 aromatic heterocycles. The van der Waals surface area contributed by atoms with Crippen LogP contribution >= 0.6 is 0 Å². The van der Waals surface area contributed by atoms with E-state index in [1.54, 1.807) is 23.7 Å². The number of esters is 1. The largest absolute Gasteiger partial charge is 0.477 e. The molecular formula is C20H27N5O4. The van der Waals surface area contributed by atoms with Crippen LogP contribution in [0.1, 0.15) is 55.1 Å². The number of nitrogens with one attached hydrogen (secondary N) is 1. The van der Waals surface area contributed by atoms with Crippen LogP contribution in [0.5, 0.6) is 5.88 Å². The van der Waals surface area contributed by atoms with Crippen LogP contribution < -0.4 is 10.1 Å². The van der Waals surface area contributed by atoms with E-state index in [9.17, 15) is 9.59 Å². The monoisotopic (exact) mass is 401 g/mol. The Hall–Kier alpha value is -2.97. The molecule has 0 bridgehead atoms. The number of hydrogen-bond donors (Lipinski definition) is 1. The lowest BCUT2D eigenvalue weighted by Crippen LogP contribution is -2.43. The zero-order valence-electron chi connectivity index (χ0n) is 17.1. The van der Waals surface area contributed by atoms with Gasteiger partial charge in [0.15, 0.2) is 5.82 Å². The van der Waals surface area contributed by atoms with Crippen LogP contribution in [0, 0.1) is 12.8 Å². The Labute approximate surface area is 169 Å². The predicted octanol–water partition coefficient (Wildman–Crippen LogP) is 2.22. The van der Waals surface area contributed by atoms with Crippen molar-refractivity contribution in [2.24, 2.45) is 5.92 Å². The maximum atomic E-state index is 12.9. The molecule has 0 unspecified atom stereocenters. The number of aromatic nitrogens is 4. The lowest BCUT2D eigenvalue weighted by atomic mass is 9.94. The Bertz CT molecular complexity index is 849. The van der Waals surface area contributed by atoms with E-state index >= 15 is 0 Å². The molecule has 1 saturated carbocycles. The van der Waals surface area contributed by atoms with Gasteiger partial charge in [-0.25, -0.2) is 4.68 Å². The lowest BCUT2D eigenvalue weighted by Gasteiger charge is -2.24. The maximum Gasteiger partial charge on any atom is 0.310 e. The second-order valence-corrected chi connectivity index (χ2v) is 7.07. The fourth-order valence-corrected chi connectivity index (χ4v) is 3.67. The number of ether oxygens (including phenoxy) is 2. The van der Waals surface area contributed by atoms with Crippen molar-refractivity contribution in [1.82, 2.24) is 25.3 Å². The molecule has 2 aromatic rings. The molecule has 2 heterocycles. The molecule has 0 aliphatic heterocycles. The number of hydrogen-bond acceptors (Lipinski definition) is 7. The Morgan fingerprint density at radius 3 is 2.69 bits per heavy atom. The Kier molecular flexibility index (Phi) is 6.79. The SMILES string of the molecule is CCOc1ccc(-n2ncc(C(=O)N[C@@H]3CCCCC[C@H]3C(=O)OC)c2C)nn1. The molecule has 0 aromatic carbocycles. The molecule has 3 rings (SSSR count). The van der Waals surface area contributed by atoms with Gasteiger partial charge in [-0.05, 0) is 32.8 Å². The van der Waals surface area contributed by atoms with Gasteiger partial charge in [-0.1, -0.05) is 19.3 Å².